The van der Waals surface area contributed by atoms with Crippen LogP contribution in [-0.4, -0.2) is 0 Å². The molecule has 1 fully saturated rings. The first-order chi connectivity index (χ1) is 26.7. The van der Waals surface area contributed by atoms with Crippen molar-refractivity contribution in [2.45, 2.75) is 118 Å². The van der Waals surface area contributed by atoms with Gasteiger partial charge in [-0.25, -0.2) is 0 Å². The lowest BCUT2D eigenvalue weighted by atomic mass is 9.46. The summed E-state index contributed by atoms with van der Waals surface area (Å²) >= 11 is 1.97. The minimum atomic E-state index is -0.242. The third-order valence-electron chi connectivity index (χ3n) is 14.8. The zero-order valence-corrected chi connectivity index (χ0v) is 36.3. The Morgan fingerprint density at radius 3 is 2.29 bits per heavy atom. The van der Waals surface area contributed by atoms with Crippen molar-refractivity contribution in [1.29, 1.82) is 0 Å². The van der Waals surface area contributed by atoms with Gasteiger partial charge in [-0.05, 0) is 104 Å². The number of allylic oxidation sites excluding steroid dienone is 3. The molecule has 5 unspecified atom stereocenters. The molecule has 4 aliphatic rings. The Morgan fingerprint density at radius 1 is 0.839 bits per heavy atom. The van der Waals surface area contributed by atoms with E-state index in [1.807, 2.05) is 11.3 Å². The molecule has 0 bridgehead atoms. The van der Waals surface area contributed by atoms with Gasteiger partial charge in [0.15, 0.2) is 24.0 Å². The summed E-state index contributed by atoms with van der Waals surface area (Å²) in [4.78, 5) is 2.88. The number of aryl methyl sites for hydroxylation is 4. The second-order valence-corrected chi connectivity index (χ2v) is 20.3. The molecule has 0 saturated heterocycles. The Bertz CT molecular complexity index is 2440. The van der Waals surface area contributed by atoms with Gasteiger partial charge in [0, 0.05) is 45.4 Å². The fraction of sp³-hybridized carbons (Fsp3) is 0.423. The van der Waals surface area contributed by atoms with Gasteiger partial charge in [0.1, 0.15) is 24.2 Å². The van der Waals surface area contributed by atoms with E-state index in [9.17, 15) is 0 Å². The van der Waals surface area contributed by atoms with Gasteiger partial charge < -0.3 is 4.74 Å². The highest BCUT2D eigenvalue weighted by Crippen LogP contribution is 2.67. The lowest BCUT2D eigenvalue weighted by molar-refractivity contribution is -0.845. The van der Waals surface area contributed by atoms with Gasteiger partial charge in [0.25, 0.3) is 0 Å². The van der Waals surface area contributed by atoms with Gasteiger partial charge in [0.05, 0.1) is 16.7 Å². The molecule has 0 radical (unpaired) electrons. The van der Waals surface area contributed by atoms with Gasteiger partial charge >= 0.3 is 0 Å². The molecule has 1 spiro atoms. The second kappa shape index (κ2) is 13.1. The predicted molar refractivity (Wildman–Crippen MR) is 232 cm³/mol. The van der Waals surface area contributed by atoms with E-state index >= 15 is 0 Å². The molecule has 9 rings (SSSR count). The van der Waals surface area contributed by atoms with Crippen molar-refractivity contribution in [3.05, 3.63) is 146 Å². The van der Waals surface area contributed by atoms with Crippen LogP contribution in [0.25, 0.3) is 28.0 Å². The highest BCUT2D eigenvalue weighted by atomic mass is 32.1. The molecule has 3 nitrogen and oxygen atoms in total. The molecule has 2 aromatic carbocycles. The fourth-order valence-corrected chi connectivity index (χ4v) is 13.1. The largest absolute Gasteiger partial charge is 0.493 e. The zero-order valence-electron chi connectivity index (χ0n) is 35.5. The summed E-state index contributed by atoms with van der Waals surface area (Å²) in [5.74, 6) is 3.19. The Morgan fingerprint density at radius 2 is 1.57 bits per heavy atom. The van der Waals surface area contributed by atoms with Crippen LogP contribution in [-0.2, 0) is 22.3 Å². The van der Waals surface area contributed by atoms with E-state index in [0.29, 0.717) is 30.3 Å². The molecule has 4 heteroatoms. The summed E-state index contributed by atoms with van der Waals surface area (Å²) < 4.78 is 12.5. The van der Waals surface area contributed by atoms with Crippen molar-refractivity contribution >= 4 is 16.9 Å². The van der Waals surface area contributed by atoms with Crippen LogP contribution in [0.1, 0.15) is 122 Å². The molecule has 3 aromatic heterocycles. The number of hydrogen-bond acceptors (Lipinski definition) is 2. The molecule has 288 valence electrons. The normalized spacial score (nSPS) is 29.1. The Labute approximate surface area is 339 Å². The molecule has 5 aromatic rings. The number of ether oxygens (including phenoxy) is 1. The number of fused-ring (bicyclic) bond motifs is 12. The SMILES string of the molecule is C=CC1C2C(c3ccccc3-c3ccc(C)c[n+]32)C12C[C@@H]1/C(=C(\C)OCc3cc(C)sc3C(C)[C@H](C)[C@H]1C)c1cc(C(C)(C)C)c(-c3c(C)cccc3C)c[n+]12. The summed E-state index contributed by atoms with van der Waals surface area (Å²) in [7, 11) is 0. The van der Waals surface area contributed by atoms with Crippen LogP contribution in [0, 0.1) is 51.4 Å². The molecule has 0 amide bonds. The standard InChI is InChI=1S/C52H60N2OS/c1-13-42-49-48(39-20-15-14-19-38(39)44-22-21-29(2)26-53(44)49)52(42)25-40-34(7)33(6)35(8)50-37(23-32(5)56-50)28-55-36(9)47(40)45-24-43(51(10,11)12)41(27-54(45)52)46-30(3)17-16-18-31(46)4/h13-24,26-27,33-35,40,42,48-49H,1,25,28H2,2-12H3/q+2/b47-36-/t33-,34-,35?,40+,42?,48?,49?,52?/m1/s1. The maximum atomic E-state index is 7.04. The summed E-state index contributed by atoms with van der Waals surface area (Å²) in [6.07, 6.45) is 8.37. The first-order valence-corrected chi connectivity index (χ1v) is 21.8. The fourth-order valence-electron chi connectivity index (χ4n) is 11.9. The molecular weight excluding hydrogens is 701 g/mol. The van der Waals surface area contributed by atoms with E-state index in [0.717, 1.165) is 12.2 Å². The third-order valence-corrected chi connectivity index (χ3v) is 16.1. The lowest BCUT2D eigenvalue weighted by Gasteiger charge is -2.58. The molecular formula is C52H60N2OS+2. The van der Waals surface area contributed by atoms with Crippen LogP contribution in [0.4, 0.5) is 0 Å². The molecule has 0 N–H and O–H groups in total. The van der Waals surface area contributed by atoms with Crippen LogP contribution in [0.15, 0.2) is 97.5 Å². The van der Waals surface area contributed by atoms with Crippen LogP contribution in [0.5, 0.6) is 0 Å². The first kappa shape index (κ1) is 37.3. The van der Waals surface area contributed by atoms with Gasteiger partial charge in [-0.1, -0.05) is 84.0 Å². The Hall–Kier alpha value is -4.28. The number of benzene rings is 2. The zero-order chi connectivity index (χ0) is 39.6. The Balaban J connectivity index is 1.39. The molecule has 1 aliphatic carbocycles. The van der Waals surface area contributed by atoms with E-state index in [1.54, 1.807) is 0 Å². The summed E-state index contributed by atoms with van der Waals surface area (Å²) in [6.45, 7) is 31.4. The molecule has 56 heavy (non-hydrogen) atoms. The predicted octanol–water partition coefficient (Wildman–Crippen LogP) is 12.4. The lowest BCUT2D eigenvalue weighted by Crippen LogP contribution is -2.80. The summed E-state index contributed by atoms with van der Waals surface area (Å²) in [5, 5.41) is 0. The van der Waals surface area contributed by atoms with E-state index in [-0.39, 0.29) is 28.8 Å². The summed E-state index contributed by atoms with van der Waals surface area (Å²) in [5.41, 5.74) is 15.9. The minimum absolute atomic E-state index is 0.0919. The van der Waals surface area contributed by atoms with Gasteiger partial charge in [-0.15, -0.1) is 17.9 Å². The van der Waals surface area contributed by atoms with Crippen LogP contribution in [0.2, 0.25) is 0 Å². The van der Waals surface area contributed by atoms with Crippen LogP contribution < -0.4 is 9.13 Å². The highest BCUT2D eigenvalue weighted by Gasteiger charge is 2.77. The van der Waals surface area contributed by atoms with Crippen molar-refractivity contribution in [3.63, 3.8) is 0 Å². The highest BCUT2D eigenvalue weighted by molar-refractivity contribution is 7.12. The average molecular weight is 761 g/mol. The number of hydrogen-bond donors (Lipinski definition) is 0. The smallest absolute Gasteiger partial charge is 0.213 e. The quantitative estimate of drug-likeness (QED) is 0.129. The number of pyridine rings is 2. The average Bonchev–Trinajstić information content (AvgIpc) is 3.54. The van der Waals surface area contributed by atoms with E-state index < -0.39 is 0 Å². The Kier molecular flexibility index (Phi) is 8.75. The van der Waals surface area contributed by atoms with Crippen LogP contribution in [0.3, 0.4) is 0 Å². The van der Waals surface area contributed by atoms with Crippen molar-refractivity contribution in [3.8, 4) is 22.4 Å². The maximum absolute atomic E-state index is 7.04. The topological polar surface area (TPSA) is 17.0 Å². The second-order valence-electron chi connectivity index (χ2n) is 19.0. The molecule has 3 aliphatic heterocycles. The minimum Gasteiger partial charge on any atom is -0.493 e. The van der Waals surface area contributed by atoms with E-state index in [4.69, 9.17) is 11.3 Å². The molecule has 6 heterocycles. The molecule has 1 saturated carbocycles. The number of rotatable bonds is 2. The maximum Gasteiger partial charge on any atom is 0.213 e. The number of aromatic nitrogens is 2. The number of thiophene rings is 1. The van der Waals surface area contributed by atoms with Gasteiger partial charge in [0.2, 0.25) is 11.4 Å². The van der Waals surface area contributed by atoms with Gasteiger partial charge in [-0.2, -0.15) is 9.13 Å². The molecule has 8 atom stereocenters. The van der Waals surface area contributed by atoms with Crippen molar-refractivity contribution in [1.82, 2.24) is 0 Å². The third kappa shape index (κ3) is 5.26. The van der Waals surface area contributed by atoms with E-state index in [1.165, 1.54) is 76.8 Å². The first-order valence-electron chi connectivity index (χ1n) is 21.0. The van der Waals surface area contributed by atoms with E-state index in [2.05, 4.69) is 170 Å². The summed E-state index contributed by atoms with van der Waals surface area (Å²) in [6, 6.07) is 26.0. The van der Waals surface area contributed by atoms with Gasteiger partial charge in [-0.3, -0.25) is 0 Å². The number of nitrogens with zero attached hydrogens (tertiary/aromatic N) is 2. The van der Waals surface area contributed by atoms with Crippen molar-refractivity contribution in [2.75, 3.05) is 0 Å². The van der Waals surface area contributed by atoms with Crippen LogP contribution >= 0.6 is 11.3 Å². The monoisotopic (exact) mass is 760 g/mol. The van der Waals surface area contributed by atoms with Crippen molar-refractivity contribution in [2.24, 2.45) is 23.7 Å². The van der Waals surface area contributed by atoms with Crippen molar-refractivity contribution < 1.29 is 13.9 Å².